The van der Waals surface area contributed by atoms with Gasteiger partial charge in [0.2, 0.25) is 0 Å². The highest BCUT2D eigenvalue weighted by atomic mass is 19.1. The summed E-state index contributed by atoms with van der Waals surface area (Å²) >= 11 is 0. The Balaban J connectivity index is 1.87. The lowest BCUT2D eigenvalue weighted by Crippen LogP contribution is -2.54. The van der Waals surface area contributed by atoms with E-state index in [2.05, 4.69) is 0 Å². The average Bonchev–Trinajstić information content (AvgIpc) is 2.62. The van der Waals surface area contributed by atoms with Crippen molar-refractivity contribution < 1.29 is 13.9 Å². The maximum atomic E-state index is 15.9. The predicted octanol–water partition coefficient (Wildman–Crippen LogP) is 4.30. The Morgan fingerprint density at radius 1 is 1.00 bits per heavy atom. The number of piperidine rings is 1. The van der Waals surface area contributed by atoms with Crippen LogP contribution in [0.3, 0.4) is 0 Å². The monoisotopic (exact) mass is 315 g/mol. The number of ether oxygens (including phenoxy) is 2. The Kier molecular flexibility index (Phi) is 4.94. The Labute approximate surface area is 136 Å². The summed E-state index contributed by atoms with van der Waals surface area (Å²) in [5, 5.41) is 0. The zero-order valence-electron chi connectivity index (χ0n) is 13.3. The molecule has 0 saturated carbocycles. The highest BCUT2D eigenvalue weighted by Gasteiger charge is 2.45. The van der Waals surface area contributed by atoms with Crippen molar-refractivity contribution >= 4 is 0 Å². The van der Waals surface area contributed by atoms with Gasteiger partial charge in [-0.2, -0.15) is 0 Å². The number of halogens is 1. The summed E-state index contributed by atoms with van der Waals surface area (Å²) < 4.78 is 27.2. The van der Waals surface area contributed by atoms with Crippen LogP contribution in [-0.4, -0.2) is 25.0 Å². The van der Waals surface area contributed by atoms with E-state index in [1.54, 1.807) is 12.0 Å². The number of hydrogen-bond donors (Lipinski definition) is 0. The standard InChI is InChI=1S/C19H22FNO2/c1-22-18(23-17-12-6-3-7-13-17)21-15-9-8-14-19(21,20)16-10-4-2-5-11-16/h2-7,10-13,18H,8-9,14-15H2,1H3. The highest BCUT2D eigenvalue weighted by Crippen LogP contribution is 2.40. The molecule has 2 aromatic rings. The van der Waals surface area contributed by atoms with E-state index in [0.29, 0.717) is 24.3 Å². The second-order valence-electron chi connectivity index (χ2n) is 5.75. The molecule has 122 valence electrons. The fraction of sp³-hybridized carbons (Fsp3) is 0.368. The van der Waals surface area contributed by atoms with Crippen LogP contribution in [0.2, 0.25) is 0 Å². The maximum Gasteiger partial charge on any atom is 0.264 e. The number of likely N-dealkylation sites (tertiary alicyclic amines) is 1. The maximum absolute atomic E-state index is 15.9. The van der Waals surface area contributed by atoms with Crippen molar-refractivity contribution in [1.82, 2.24) is 4.90 Å². The molecule has 0 amide bonds. The number of hydrogen-bond acceptors (Lipinski definition) is 3. The zero-order chi connectivity index (χ0) is 16.1. The third-order valence-corrected chi connectivity index (χ3v) is 4.26. The van der Waals surface area contributed by atoms with Crippen LogP contribution in [0.1, 0.15) is 24.8 Å². The summed E-state index contributed by atoms with van der Waals surface area (Å²) in [6, 6.07) is 18.7. The minimum Gasteiger partial charge on any atom is -0.451 e. The molecule has 3 rings (SSSR count). The molecule has 0 aliphatic carbocycles. The first-order valence-electron chi connectivity index (χ1n) is 8.00. The molecule has 23 heavy (non-hydrogen) atoms. The van der Waals surface area contributed by atoms with Crippen LogP contribution in [0.15, 0.2) is 60.7 Å². The fourth-order valence-corrected chi connectivity index (χ4v) is 3.09. The van der Waals surface area contributed by atoms with Crippen molar-refractivity contribution in [3.8, 4) is 5.75 Å². The number of methoxy groups -OCH3 is 1. The molecule has 0 bridgehead atoms. The first-order valence-corrected chi connectivity index (χ1v) is 8.00. The van der Waals surface area contributed by atoms with Crippen molar-refractivity contribution in [2.45, 2.75) is 31.5 Å². The Hall–Kier alpha value is -1.91. The molecule has 0 radical (unpaired) electrons. The SMILES string of the molecule is COC(Oc1ccccc1)N1CCCCC1(F)c1ccccc1. The van der Waals surface area contributed by atoms with Crippen molar-refractivity contribution in [2.24, 2.45) is 0 Å². The van der Waals surface area contributed by atoms with E-state index in [1.165, 1.54) is 0 Å². The number of benzene rings is 2. The molecule has 2 atom stereocenters. The molecular weight excluding hydrogens is 293 g/mol. The van der Waals surface area contributed by atoms with Crippen LogP contribution in [0.25, 0.3) is 0 Å². The molecular formula is C19H22FNO2. The lowest BCUT2D eigenvalue weighted by molar-refractivity contribution is -0.240. The quantitative estimate of drug-likeness (QED) is 0.606. The van der Waals surface area contributed by atoms with Gasteiger partial charge >= 0.3 is 0 Å². The van der Waals surface area contributed by atoms with Gasteiger partial charge in [0.1, 0.15) is 5.75 Å². The van der Waals surface area contributed by atoms with Crippen LogP contribution < -0.4 is 4.74 Å². The minimum atomic E-state index is -1.57. The molecule has 0 aromatic heterocycles. The molecule has 0 N–H and O–H groups in total. The van der Waals surface area contributed by atoms with Gasteiger partial charge in [-0.05, 0) is 31.4 Å². The average molecular weight is 315 g/mol. The molecule has 4 heteroatoms. The van der Waals surface area contributed by atoms with Gasteiger partial charge in [-0.3, -0.25) is 0 Å². The number of alkyl halides is 1. The lowest BCUT2D eigenvalue weighted by Gasteiger charge is -2.44. The third-order valence-electron chi connectivity index (χ3n) is 4.26. The third kappa shape index (κ3) is 3.38. The first-order chi connectivity index (χ1) is 11.2. The van der Waals surface area contributed by atoms with Gasteiger partial charge in [-0.1, -0.05) is 48.5 Å². The molecule has 1 aliphatic rings. The van der Waals surface area contributed by atoms with Gasteiger partial charge in [0.15, 0.2) is 5.79 Å². The van der Waals surface area contributed by atoms with Crippen molar-refractivity contribution in [3.05, 3.63) is 66.2 Å². The number of nitrogens with zero attached hydrogens (tertiary/aromatic N) is 1. The zero-order valence-corrected chi connectivity index (χ0v) is 13.3. The number of para-hydroxylation sites is 1. The molecule has 3 nitrogen and oxygen atoms in total. The van der Waals surface area contributed by atoms with E-state index >= 15 is 4.39 Å². The molecule has 2 unspecified atom stereocenters. The fourth-order valence-electron chi connectivity index (χ4n) is 3.09. The van der Waals surface area contributed by atoms with E-state index in [4.69, 9.17) is 9.47 Å². The first kappa shape index (κ1) is 16.0. The van der Waals surface area contributed by atoms with Gasteiger partial charge < -0.3 is 9.47 Å². The Bertz CT molecular complexity index is 607. The summed E-state index contributed by atoms with van der Waals surface area (Å²) in [5.41, 5.74) is 0.651. The van der Waals surface area contributed by atoms with Gasteiger partial charge in [0, 0.05) is 19.2 Å². The van der Waals surface area contributed by atoms with Gasteiger partial charge in [-0.25, -0.2) is 9.29 Å². The van der Waals surface area contributed by atoms with Crippen LogP contribution in [-0.2, 0) is 10.5 Å². The summed E-state index contributed by atoms with van der Waals surface area (Å²) in [6.07, 6.45) is 1.46. The molecule has 1 heterocycles. The normalized spacial score (nSPS) is 23.4. The van der Waals surface area contributed by atoms with Crippen LogP contribution in [0, 0.1) is 0 Å². The smallest absolute Gasteiger partial charge is 0.264 e. The summed E-state index contributed by atoms with van der Waals surface area (Å²) in [7, 11) is 1.55. The van der Waals surface area contributed by atoms with Crippen LogP contribution >= 0.6 is 0 Å². The van der Waals surface area contributed by atoms with Gasteiger partial charge in [0.05, 0.1) is 0 Å². The van der Waals surface area contributed by atoms with Crippen molar-refractivity contribution in [2.75, 3.05) is 13.7 Å². The Morgan fingerprint density at radius 3 is 2.30 bits per heavy atom. The lowest BCUT2D eigenvalue weighted by atomic mass is 9.93. The van der Waals surface area contributed by atoms with E-state index in [9.17, 15) is 0 Å². The second kappa shape index (κ2) is 7.11. The second-order valence-corrected chi connectivity index (χ2v) is 5.75. The van der Waals surface area contributed by atoms with Crippen molar-refractivity contribution in [3.63, 3.8) is 0 Å². The molecule has 2 aromatic carbocycles. The van der Waals surface area contributed by atoms with E-state index in [0.717, 1.165) is 12.8 Å². The molecule has 0 spiro atoms. The predicted molar refractivity (Wildman–Crippen MR) is 87.7 cm³/mol. The topological polar surface area (TPSA) is 21.7 Å². The van der Waals surface area contributed by atoms with Crippen LogP contribution in [0.5, 0.6) is 5.75 Å². The number of rotatable bonds is 5. The largest absolute Gasteiger partial charge is 0.451 e. The van der Waals surface area contributed by atoms with Gasteiger partial charge in [-0.15, -0.1) is 0 Å². The highest BCUT2D eigenvalue weighted by molar-refractivity contribution is 5.24. The van der Waals surface area contributed by atoms with Crippen molar-refractivity contribution in [1.29, 1.82) is 0 Å². The summed E-state index contributed by atoms with van der Waals surface area (Å²) in [5.74, 6) is -0.907. The van der Waals surface area contributed by atoms with E-state index in [1.807, 2.05) is 60.7 Å². The van der Waals surface area contributed by atoms with E-state index in [-0.39, 0.29) is 0 Å². The van der Waals surface area contributed by atoms with Gasteiger partial charge in [0.25, 0.3) is 6.41 Å². The molecule has 1 aliphatic heterocycles. The molecule has 1 saturated heterocycles. The summed E-state index contributed by atoms with van der Waals surface area (Å²) in [6.45, 7) is 0.594. The Morgan fingerprint density at radius 2 is 1.65 bits per heavy atom. The van der Waals surface area contributed by atoms with E-state index < -0.39 is 12.2 Å². The van der Waals surface area contributed by atoms with Crippen LogP contribution in [0.4, 0.5) is 4.39 Å². The summed E-state index contributed by atoms with van der Waals surface area (Å²) in [4.78, 5) is 1.68. The minimum absolute atomic E-state index is 0.440. The molecule has 1 fully saturated rings.